The number of rotatable bonds is 0. The van der Waals surface area contributed by atoms with Gasteiger partial charge in [0.2, 0.25) is 0 Å². The van der Waals surface area contributed by atoms with Gasteiger partial charge in [0.15, 0.2) is 0 Å². The Bertz CT molecular complexity index is 32.7. The summed E-state index contributed by atoms with van der Waals surface area (Å²) in [6.07, 6.45) is 10.6. The lowest BCUT2D eigenvalue weighted by Crippen LogP contribution is -1.85. The van der Waals surface area contributed by atoms with Crippen LogP contribution in [-0.4, -0.2) is 10.8 Å². The molecule has 1 fully saturated rings. The smallest absolute Gasteiger partial charge is 0.00795 e. The molecule has 0 aromatic carbocycles. The number of hydrogen-bond acceptors (Lipinski definition) is 2. The van der Waals surface area contributed by atoms with E-state index >= 15 is 0 Å². The second kappa shape index (κ2) is 8.31. The van der Waals surface area contributed by atoms with Gasteiger partial charge in [-0.25, -0.2) is 0 Å². The zero-order chi connectivity index (χ0) is 6.95. The molecule has 0 spiro atoms. The van der Waals surface area contributed by atoms with E-state index in [-0.39, 0.29) is 0 Å². The van der Waals surface area contributed by atoms with Crippen LogP contribution in [0.1, 0.15) is 38.5 Å². The molecule has 0 aromatic heterocycles. The molecule has 0 radical (unpaired) electrons. The highest BCUT2D eigenvalue weighted by atomic mass is 32.2. The van der Waals surface area contributed by atoms with E-state index in [4.69, 9.17) is 4.55 Å². The van der Waals surface area contributed by atoms with Gasteiger partial charge < -0.3 is 4.55 Å². The zero-order valence-electron chi connectivity index (χ0n) is 6.10. The predicted octanol–water partition coefficient (Wildman–Crippen LogP) is 3.16. The van der Waals surface area contributed by atoms with Gasteiger partial charge in [-0.05, 0) is 12.0 Å². The van der Waals surface area contributed by atoms with Crippen LogP contribution in [0.15, 0.2) is 0 Å². The molecular weight excluding hydrogens is 132 g/mol. The molecule has 1 rings (SSSR count). The van der Waals surface area contributed by atoms with E-state index in [1.165, 1.54) is 38.5 Å². The quantitative estimate of drug-likeness (QED) is 0.532. The van der Waals surface area contributed by atoms with Gasteiger partial charge in [-0.15, -0.1) is 0 Å². The van der Waals surface area contributed by atoms with Gasteiger partial charge in [-0.3, -0.25) is 0 Å². The first kappa shape index (κ1) is 9.31. The molecule has 0 saturated heterocycles. The molecule has 1 aliphatic rings. The minimum Gasteiger partial charge on any atom is -0.330 e. The minimum atomic E-state index is 0.750. The third kappa shape index (κ3) is 8.31. The lowest BCUT2D eigenvalue weighted by Gasteiger charge is -2.05. The Kier molecular flexibility index (Phi) is 8.60. The molecule has 9 heavy (non-hydrogen) atoms. The van der Waals surface area contributed by atoms with E-state index in [1.807, 2.05) is 0 Å². The molecule has 0 heterocycles. The fourth-order valence-electron chi connectivity index (χ4n) is 1.06. The molecule has 0 atom stereocenters. The summed E-state index contributed by atoms with van der Waals surface area (Å²) >= 11 is 0.750. The van der Waals surface area contributed by atoms with Crippen LogP contribution in [-0.2, 0) is 0 Å². The van der Waals surface area contributed by atoms with Crippen molar-refractivity contribution in [2.45, 2.75) is 38.5 Å². The molecule has 0 bridgehead atoms. The summed E-state index contributed by atoms with van der Waals surface area (Å²) in [5.74, 6) is 0. The summed E-state index contributed by atoms with van der Waals surface area (Å²) in [7, 11) is 0. The highest BCUT2D eigenvalue weighted by molar-refractivity contribution is 7.93. The number of hydrogen-bond donors (Lipinski definition) is 1. The monoisotopic (exact) mass is 148 g/mol. The highest BCUT2D eigenvalue weighted by Crippen LogP contribution is 2.15. The molecule has 56 valence electrons. The largest absolute Gasteiger partial charge is 0.330 e. The fraction of sp³-hybridized carbons (Fsp3) is 1.00. The third-order valence-corrected chi connectivity index (χ3v) is 1.50. The van der Waals surface area contributed by atoms with Crippen LogP contribution in [0.25, 0.3) is 0 Å². The lowest BCUT2D eigenvalue weighted by atomic mass is 10.0. The zero-order valence-corrected chi connectivity index (χ0v) is 6.91. The van der Waals surface area contributed by atoms with Gasteiger partial charge in [-0.1, -0.05) is 38.5 Å². The summed E-state index contributed by atoms with van der Waals surface area (Å²) in [6, 6.07) is 0. The van der Waals surface area contributed by atoms with Crippen LogP contribution in [0, 0.1) is 0 Å². The molecular formula is C7H16OS. The van der Waals surface area contributed by atoms with E-state index in [9.17, 15) is 0 Å². The second-order valence-corrected chi connectivity index (χ2v) is 2.67. The van der Waals surface area contributed by atoms with Crippen molar-refractivity contribution in [1.82, 2.24) is 0 Å². The Morgan fingerprint density at radius 2 is 1.00 bits per heavy atom. The molecule has 1 N–H and O–H groups in total. The topological polar surface area (TPSA) is 20.2 Å². The van der Waals surface area contributed by atoms with Gasteiger partial charge in [0.1, 0.15) is 0 Å². The van der Waals surface area contributed by atoms with Gasteiger partial charge in [0, 0.05) is 6.26 Å². The fourth-order valence-corrected chi connectivity index (χ4v) is 1.06. The van der Waals surface area contributed by atoms with Gasteiger partial charge in [-0.2, -0.15) is 0 Å². The third-order valence-electron chi connectivity index (χ3n) is 1.50. The van der Waals surface area contributed by atoms with Crippen LogP contribution in [0.4, 0.5) is 0 Å². The molecule has 1 saturated carbocycles. The molecule has 0 aliphatic heterocycles. The average molecular weight is 148 g/mol. The second-order valence-electron chi connectivity index (χ2n) is 2.30. The maximum atomic E-state index is 7.49. The van der Waals surface area contributed by atoms with Crippen LogP contribution < -0.4 is 0 Å². The van der Waals surface area contributed by atoms with Gasteiger partial charge >= 0.3 is 0 Å². The van der Waals surface area contributed by atoms with E-state index in [2.05, 4.69) is 0 Å². The first-order valence-electron chi connectivity index (χ1n) is 3.59. The van der Waals surface area contributed by atoms with Crippen molar-refractivity contribution >= 4 is 12.0 Å². The van der Waals surface area contributed by atoms with Crippen LogP contribution in [0.5, 0.6) is 0 Å². The molecule has 1 aliphatic carbocycles. The van der Waals surface area contributed by atoms with Crippen LogP contribution in [0.3, 0.4) is 0 Å². The molecule has 0 amide bonds. The lowest BCUT2D eigenvalue weighted by molar-refractivity contribution is 0.504. The summed E-state index contributed by atoms with van der Waals surface area (Å²) in [5.41, 5.74) is 0. The van der Waals surface area contributed by atoms with E-state index in [0.717, 1.165) is 12.0 Å². The first-order valence-corrected chi connectivity index (χ1v) is 4.77. The average Bonchev–Trinajstić information content (AvgIpc) is 1.93. The van der Waals surface area contributed by atoms with Crippen molar-refractivity contribution in [3.63, 3.8) is 0 Å². The Morgan fingerprint density at radius 1 is 0.889 bits per heavy atom. The first-order chi connectivity index (χ1) is 4.41. The van der Waals surface area contributed by atoms with Crippen molar-refractivity contribution in [3.05, 3.63) is 0 Å². The molecule has 0 aromatic rings. The van der Waals surface area contributed by atoms with Crippen molar-refractivity contribution in [3.8, 4) is 0 Å². The summed E-state index contributed by atoms with van der Waals surface area (Å²) in [5, 5.41) is 0. The van der Waals surface area contributed by atoms with Crippen molar-refractivity contribution < 1.29 is 4.55 Å². The summed E-state index contributed by atoms with van der Waals surface area (Å²) < 4.78 is 7.49. The summed E-state index contributed by atoms with van der Waals surface area (Å²) in [4.78, 5) is 0. The van der Waals surface area contributed by atoms with Crippen molar-refractivity contribution in [2.75, 3.05) is 6.26 Å². The normalized spacial score (nSPS) is 18.0. The maximum absolute atomic E-state index is 7.49. The van der Waals surface area contributed by atoms with Crippen molar-refractivity contribution in [2.24, 2.45) is 0 Å². The standard InChI is InChI=1S/C6H12.CH4OS/c1-2-4-6-5-3-1;1-3-2/h1-6H2;2H,1H3. The van der Waals surface area contributed by atoms with Gasteiger partial charge in [0.05, 0.1) is 0 Å². The maximum Gasteiger partial charge on any atom is 0.00795 e. The molecule has 0 unspecified atom stereocenters. The Labute approximate surface area is 62.1 Å². The Hall–Kier alpha value is 0.310. The molecule has 2 heteroatoms. The van der Waals surface area contributed by atoms with Crippen LogP contribution >= 0.6 is 12.0 Å². The van der Waals surface area contributed by atoms with E-state index in [1.54, 1.807) is 6.26 Å². The van der Waals surface area contributed by atoms with Crippen molar-refractivity contribution in [1.29, 1.82) is 0 Å². The summed E-state index contributed by atoms with van der Waals surface area (Å²) in [6.45, 7) is 0. The van der Waals surface area contributed by atoms with E-state index < -0.39 is 0 Å². The Morgan fingerprint density at radius 3 is 1.11 bits per heavy atom. The van der Waals surface area contributed by atoms with Crippen LogP contribution in [0.2, 0.25) is 0 Å². The highest BCUT2D eigenvalue weighted by Gasteiger charge is 1.95. The predicted molar refractivity (Wildman–Crippen MR) is 43.8 cm³/mol. The minimum absolute atomic E-state index is 0.750. The Balaban J connectivity index is 0.000000187. The molecule has 1 nitrogen and oxygen atoms in total. The van der Waals surface area contributed by atoms with E-state index in [0.29, 0.717) is 0 Å². The van der Waals surface area contributed by atoms with Gasteiger partial charge in [0.25, 0.3) is 0 Å². The SMILES string of the molecule is C1CCCCC1.CSO.